The van der Waals surface area contributed by atoms with Gasteiger partial charge in [-0.25, -0.2) is 4.79 Å². The number of pyridine rings is 1. The van der Waals surface area contributed by atoms with Crippen LogP contribution >= 0.6 is 0 Å². The monoisotopic (exact) mass is 424 g/mol. The molecule has 0 saturated heterocycles. The number of carbonyl (C=O) groups is 1. The van der Waals surface area contributed by atoms with Crippen molar-refractivity contribution in [2.24, 2.45) is 0 Å². The van der Waals surface area contributed by atoms with Crippen molar-refractivity contribution in [1.82, 2.24) is 4.98 Å². The normalized spacial score (nSPS) is 13.2. The van der Waals surface area contributed by atoms with Crippen LogP contribution in [-0.2, 0) is 11.2 Å². The van der Waals surface area contributed by atoms with Crippen LogP contribution in [0.25, 0.3) is 22.3 Å². The molecule has 1 aliphatic rings. The molecule has 0 atom stereocenters. The Morgan fingerprint density at radius 1 is 1.09 bits per heavy atom. The van der Waals surface area contributed by atoms with E-state index in [1.807, 2.05) is 38.3 Å². The van der Waals surface area contributed by atoms with E-state index in [9.17, 15) is 4.79 Å². The highest BCUT2D eigenvalue weighted by Gasteiger charge is 2.18. The summed E-state index contributed by atoms with van der Waals surface area (Å²) in [6.07, 6.45) is 7.79. The molecule has 32 heavy (non-hydrogen) atoms. The van der Waals surface area contributed by atoms with Crippen molar-refractivity contribution < 1.29 is 9.53 Å². The molecule has 1 N–H and O–H groups in total. The summed E-state index contributed by atoms with van der Waals surface area (Å²) in [6, 6.07) is 16.8. The van der Waals surface area contributed by atoms with Crippen LogP contribution in [0.5, 0.6) is 0 Å². The smallest absolute Gasteiger partial charge is 0.411 e. The van der Waals surface area contributed by atoms with Gasteiger partial charge in [-0.15, -0.1) is 0 Å². The Morgan fingerprint density at radius 3 is 2.66 bits per heavy atom. The molecule has 0 spiro atoms. The Morgan fingerprint density at radius 2 is 1.91 bits per heavy atom. The van der Waals surface area contributed by atoms with Crippen molar-refractivity contribution in [2.45, 2.75) is 33.6 Å². The Labute approximate surface area is 189 Å². The third kappa shape index (κ3) is 4.22. The van der Waals surface area contributed by atoms with E-state index in [0.29, 0.717) is 0 Å². The number of rotatable bonds is 4. The molecule has 4 nitrogen and oxygen atoms in total. The molecule has 0 saturated carbocycles. The molecule has 1 heterocycles. The Balaban J connectivity index is 1.79. The van der Waals surface area contributed by atoms with Gasteiger partial charge in [-0.1, -0.05) is 42.5 Å². The molecule has 1 amide bonds. The van der Waals surface area contributed by atoms with Gasteiger partial charge in [-0.2, -0.15) is 0 Å². The number of fused-ring (bicyclic) bond motifs is 1. The van der Waals surface area contributed by atoms with Crippen molar-refractivity contribution in [3.05, 3.63) is 94.8 Å². The second-order valence-electron chi connectivity index (χ2n) is 8.04. The second kappa shape index (κ2) is 9.23. The number of allylic oxidation sites excluding steroid dienone is 3. The zero-order valence-electron chi connectivity index (χ0n) is 19.0. The fourth-order valence-electron chi connectivity index (χ4n) is 4.15. The third-order valence-electron chi connectivity index (χ3n) is 6.06. The van der Waals surface area contributed by atoms with Gasteiger partial charge >= 0.3 is 6.09 Å². The highest BCUT2D eigenvalue weighted by Crippen LogP contribution is 2.36. The number of nitrogens with zero attached hydrogens (tertiary/aromatic N) is 1. The number of aryl methyl sites for hydroxylation is 2. The number of nitrogens with one attached hydrogen (secondary N) is 1. The molecule has 0 aliphatic heterocycles. The van der Waals surface area contributed by atoms with Gasteiger partial charge in [0.05, 0.1) is 12.8 Å². The minimum Gasteiger partial charge on any atom is -0.453 e. The van der Waals surface area contributed by atoms with Crippen molar-refractivity contribution in [1.29, 1.82) is 0 Å². The van der Waals surface area contributed by atoms with E-state index in [1.165, 1.54) is 29.4 Å². The number of aromatic nitrogens is 1. The highest BCUT2D eigenvalue weighted by atomic mass is 16.5. The summed E-state index contributed by atoms with van der Waals surface area (Å²) in [5, 5.41) is 2.81. The second-order valence-corrected chi connectivity index (χ2v) is 8.04. The summed E-state index contributed by atoms with van der Waals surface area (Å²) in [7, 11) is 1.37. The molecule has 2 aromatic carbocycles. The van der Waals surface area contributed by atoms with E-state index in [0.717, 1.165) is 46.5 Å². The van der Waals surface area contributed by atoms with Crippen LogP contribution in [0.3, 0.4) is 0 Å². The van der Waals surface area contributed by atoms with Gasteiger partial charge in [0, 0.05) is 28.6 Å². The van der Waals surface area contributed by atoms with Crippen LogP contribution in [0.4, 0.5) is 10.5 Å². The fraction of sp³-hybridized carbons (Fsp3) is 0.214. The van der Waals surface area contributed by atoms with Crippen LogP contribution < -0.4 is 5.32 Å². The molecule has 4 heteroatoms. The molecule has 4 rings (SSSR count). The molecule has 1 aromatic heterocycles. The molecule has 1 aliphatic carbocycles. The number of benzene rings is 2. The van der Waals surface area contributed by atoms with Crippen molar-refractivity contribution >= 4 is 22.9 Å². The summed E-state index contributed by atoms with van der Waals surface area (Å²) in [4.78, 5) is 16.6. The van der Waals surface area contributed by atoms with Gasteiger partial charge in [0.1, 0.15) is 0 Å². The van der Waals surface area contributed by atoms with Crippen molar-refractivity contribution in [3.8, 4) is 11.1 Å². The fourth-order valence-corrected chi connectivity index (χ4v) is 4.15. The zero-order valence-corrected chi connectivity index (χ0v) is 19.0. The third-order valence-corrected chi connectivity index (χ3v) is 6.06. The molecule has 0 fully saturated rings. The lowest BCUT2D eigenvalue weighted by atomic mass is 9.86. The summed E-state index contributed by atoms with van der Waals surface area (Å²) in [6.45, 7) is 6.18. The molecular weight excluding hydrogens is 396 g/mol. The molecule has 3 aromatic rings. The quantitative estimate of drug-likeness (QED) is 0.489. The summed E-state index contributed by atoms with van der Waals surface area (Å²) < 4.78 is 4.78. The van der Waals surface area contributed by atoms with E-state index in [2.05, 4.69) is 54.7 Å². The number of hydrogen-bond donors (Lipinski definition) is 1. The molecular formula is C28H28N2O2. The maximum absolute atomic E-state index is 11.8. The van der Waals surface area contributed by atoms with E-state index in [4.69, 9.17) is 9.72 Å². The van der Waals surface area contributed by atoms with Crippen molar-refractivity contribution in [2.75, 3.05) is 12.4 Å². The van der Waals surface area contributed by atoms with Crippen LogP contribution in [0.15, 0.2) is 66.9 Å². The minimum absolute atomic E-state index is 0.480. The summed E-state index contributed by atoms with van der Waals surface area (Å²) >= 11 is 0. The molecule has 162 valence electrons. The van der Waals surface area contributed by atoms with Gasteiger partial charge in [0.15, 0.2) is 0 Å². The minimum atomic E-state index is -0.480. The number of methoxy groups -OCH3 is 1. The molecule has 0 radical (unpaired) electrons. The first-order valence-electron chi connectivity index (χ1n) is 10.9. The number of amides is 1. The lowest BCUT2D eigenvalue weighted by Gasteiger charge is -2.20. The van der Waals surface area contributed by atoms with Gasteiger partial charge in [-0.3, -0.25) is 10.3 Å². The predicted octanol–water partition coefficient (Wildman–Crippen LogP) is 7.04. The molecule has 0 unspecified atom stereocenters. The van der Waals surface area contributed by atoms with Crippen molar-refractivity contribution in [3.63, 3.8) is 0 Å². The van der Waals surface area contributed by atoms with Gasteiger partial charge < -0.3 is 4.74 Å². The Hall–Kier alpha value is -3.66. The van der Waals surface area contributed by atoms with E-state index in [1.54, 1.807) is 0 Å². The van der Waals surface area contributed by atoms with E-state index in [-0.39, 0.29) is 0 Å². The van der Waals surface area contributed by atoms with E-state index < -0.39 is 6.09 Å². The first-order valence-corrected chi connectivity index (χ1v) is 10.9. The highest BCUT2D eigenvalue weighted by molar-refractivity contribution is 5.91. The first kappa shape index (κ1) is 21.6. The number of carbonyl (C=O) groups excluding carboxylic acids is 1. The lowest BCUT2D eigenvalue weighted by molar-refractivity contribution is 0.187. The zero-order chi connectivity index (χ0) is 22.7. The maximum Gasteiger partial charge on any atom is 0.411 e. The van der Waals surface area contributed by atoms with Crippen LogP contribution in [0, 0.1) is 6.92 Å². The molecule has 0 bridgehead atoms. The van der Waals surface area contributed by atoms with Gasteiger partial charge in [-0.05, 0) is 79.6 Å². The lowest BCUT2D eigenvalue weighted by Crippen LogP contribution is -2.12. The largest absolute Gasteiger partial charge is 0.453 e. The predicted molar refractivity (Wildman–Crippen MR) is 132 cm³/mol. The summed E-state index contributed by atoms with van der Waals surface area (Å²) in [5.74, 6) is 0. The Bertz CT molecular complexity index is 1240. The van der Waals surface area contributed by atoms with E-state index >= 15 is 0 Å². The Kier molecular flexibility index (Phi) is 6.22. The SMILES string of the molecule is C/C=C(/C)c1cc(-c2cnc3c(c2)C(c2ccccc2C)=CCC3)ccc1NC(=O)OC. The average molecular weight is 425 g/mol. The standard InChI is InChI=1S/C28H28N2O2/c1-5-18(2)24-15-20(13-14-27(24)30-28(31)32-4)21-16-25-23(11-8-12-26(25)29-17-21)22-10-7-6-9-19(22)3/h5-7,9-11,13-17H,8,12H2,1-4H3,(H,30,31)/b18-5-. The number of hydrogen-bond acceptors (Lipinski definition) is 3. The van der Waals surface area contributed by atoms with Crippen LogP contribution in [-0.4, -0.2) is 18.2 Å². The maximum atomic E-state index is 11.8. The van der Waals surface area contributed by atoms with Crippen LogP contribution in [0.2, 0.25) is 0 Å². The number of anilines is 1. The topological polar surface area (TPSA) is 51.2 Å². The first-order chi connectivity index (χ1) is 15.5. The van der Waals surface area contributed by atoms with Crippen LogP contribution in [0.1, 0.15) is 48.2 Å². The number of ether oxygens (including phenoxy) is 1. The van der Waals surface area contributed by atoms with Gasteiger partial charge in [0.2, 0.25) is 0 Å². The van der Waals surface area contributed by atoms with Gasteiger partial charge in [0.25, 0.3) is 0 Å². The summed E-state index contributed by atoms with van der Waals surface area (Å²) in [5.41, 5.74) is 11.0. The average Bonchev–Trinajstić information content (AvgIpc) is 2.83.